The molecule has 0 bridgehead atoms. The minimum absolute atomic E-state index is 0.851. The maximum absolute atomic E-state index is 4.70. The third-order valence-corrected chi connectivity index (χ3v) is 3.54. The molecule has 20 heavy (non-hydrogen) atoms. The number of fused-ring (bicyclic) bond motifs is 1. The van der Waals surface area contributed by atoms with E-state index in [4.69, 9.17) is 4.98 Å². The Morgan fingerprint density at radius 3 is 2.25 bits per heavy atom. The molecule has 100 valence electrons. The van der Waals surface area contributed by atoms with Gasteiger partial charge in [-0.1, -0.05) is 24.3 Å². The molecule has 0 aliphatic carbocycles. The first kappa shape index (κ1) is 12.6. The zero-order valence-electron chi connectivity index (χ0n) is 12.0. The summed E-state index contributed by atoms with van der Waals surface area (Å²) in [5.74, 6) is 0.851. The third kappa shape index (κ3) is 2.01. The topological polar surface area (TPSA) is 29.0 Å². The van der Waals surface area contributed by atoms with Gasteiger partial charge >= 0.3 is 0 Å². The number of hydrogen-bond acceptors (Lipinski definition) is 3. The quantitative estimate of drug-likeness (QED) is 0.776. The fraction of sp³-hybridized carbons (Fsp3) is 0.176. The number of nitrogens with zero attached hydrogens (tertiary/aromatic N) is 3. The molecule has 3 heteroatoms. The summed E-state index contributed by atoms with van der Waals surface area (Å²) in [6.07, 6.45) is 3.95. The fourth-order valence-electron chi connectivity index (χ4n) is 2.25. The van der Waals surface area contributed by atoms with E-state index in [0.717, 1.165) is 34.3 Å². The van der Waals surface area contributed by atoms with Crippen LogP contribution in [0.3, 0.4) is 0 Å². The highest BCUT2D eigenvalue weighted by molar-refractivity contribution is 5.78. The Morgan fingerprint density at radius 2 is 1.55 bits per heavy atom. The second-order valence-corrected chi connectivity index (χ2v) is 5.10. The van der Waals surface area contributed by atoms with Crippen LogP contribution in [0.1, 0.15) is 22.6 Å². The Kier molecular flexibility index (Phi) is 2.90. The van der Waals surface area contributed by atoms with E-state index < -0.39 is 0 Å². The lowest BCUT2D eigenvalue weighted by molar-refractivity contribution is 0.992. The van der Waals surface area contributed by atoms with Gasteiger partial charge in [-0.3, -0.25) is 4.90 Å². The fourth-order valence-corrected chi connectivity index (χ4v) is 2.25. The van der Waals surface area contributed by atoms with Gasteiger partial charge in [0.15, 0.2) is 5.82 Å². The van der Waals surface area contributed by atoms with Gasteiger partial charge in [-0.2, -0.15) is 0 Å². The van der Waals surface area contributed by atoms with Crippen molar-refractivity contribution in [3.05, 3.63) is 65.3 Å². The van der Waals surface area contributed by atoms with Crippen molar-refractivity contribution in [1.82, 2.24) is 9.97 Å². The van der Waals surface area contributed by atoms with E-state index in [2.05, 4.69) is 42.8 Å². The second kappa shape index (κ2) is 4.60. The molecule has 0 unspecified atom stereocenters. The molecule has 1 aromatic carbocycles. The zero-order valence-corrected chi connectivity index (χ0v) is 12.0. The van der Waals surface area contributed by atoms with Crippen LogP contribution in [0.5, 0.6) is 0 Å². The molecule has 3 nitrogen and oxygen atoms in total. The Balaban J connectivity index is 2.17. The average molecular weight is 263 g/mol. The molecule has 1 aliphatic rings. The minimum Gasteiger partial charge on any atom is -0.294 e. The molecule has 3 rings (SSSR count). The molecule has 0 saturated carbocycles. The van der Waals surface area contributed by atoms with Crippen LogP contribution >= 0.6 is 0 Å². The van der Waals surface area contributed by atoms with E-state index in [-0.39, 0.29) is 0 Å². The number of hydrogen-bond donors (Lipinski definition) is 0. The second-order valence-electron chi connectivity index (χ2n) is 5.10. The molecule has 0 fully saturated rings. The molecule has 0 atom stereocenters. The van der Waals surface area contributed by atoms with Gasteiger partial charge in [-0.25, -0.2) is 9.97 Å². The van der Waals surface area contributed by atoms with E-state index >= 15 is 0 Å². The molecular formula is C17H17N3. The van der Waals surface area contributed by atoms with Crippen molar-refractivity contribution in [3.8, 4) is 0 Å². The Morgan fingerprint density at radius 1 is 0.900 bits per heavy atom. The zero-order chi connectivity index (χ0) is 14.3. The molecule has 0 saturated heterocycles. The molecule has 2 aromatic rings. The Hall–Kier alpha value is -2.42. The molecule has 0 radical (unpaired) electrons. The lowest BCUT2D eigenvalue weighted by atomic mass is 10.1. The van der Waals surface area contributed by atoms with Crippen LogP contribution in [0.2, 0.25) is 0 Å². The lowest BCUT2D eigenvalue weighted by Gasteiger charge is -2.28. The first-order valence-electron chi connectivity index (χ1n) is 6.65. The maximum atomic E-state index is 4.70. The van der Waals surface area contributed by atoms with Crippen LogP contribution in [0.15, 0.2) is 42.6 Å². The van der Waals surface area contributed by atoms with Crippen molar-refractivity contribution in [2.75, 3.05) is 4.90 Å². The highest BCUT2D eigenvalue weighted by atomic mass is 15.2. The SMILES string of the molecule is C=C1C=Cc2nc(C)c(C)nc2N1c1ccc(C)cc1. The van der Waals surface area contributed by atoms with E-state index in [1.165, 1.54) is 5.56 Å². The standard InChI is InChI=1S/C17H17N3/c1-11-5-8-15(9-6-11)20-12(2)7-10-16-17(20)19-14(4)13(3)18-16/h5-10H,2H2,1,3-4H3. The van der Waals surface area contributed by atoms with Gasteiger partial charge < -0.3 is 0 Å². The highest BCUT2D eigenvalue weighted by Crippen LogP contribution is 2.34. The van der Waals surface area contributed by atoms with Crippen LogP contribution in [0, 0.1) is 20.8 Å². The lowest BCUT2D eigenvalue weighted by Crippen LogP contribution is -2.20. The van der Waals surface area contributed by atoms with Gasteiger partial charge in [0.25, 0.3) is 0 Å². The largest absolute Gasteiger partial charge is 0.294 e. The number of aromatic nitrogens is 2. The van der Waals surface area contributed by atoms with Gasteiger partial charge in [0, 0.05) is 11.4 Å². The first-order valence-corrected chi connectivity index (χ1v) is 6.65. The van der Waals surface area contributed by atoms with Crippen LogP contribution in [-0.2, 0) is 0 Å². The first-order chi connectivity index (χ1) is 9.56. The average Bonchev–Trinajstić information content (AvgIpc) is 2.42. The van der Waals surface area contributed by atoms with Crippen molar-refractivity contribution in [1.29, 1.82) is 0 Å². The molecule has 0 spiro atoms. The van der Waals surface area contributed by atoms with Crippen LogP contribution in [0.25, 0.3) is 6.08 Å². The number of benzene rings is 1. The molecule has 0 amide bonds. The molecule has 1 aliphatic heterocycles. The smallest absolute Gasteiger partial charge is 0.163 e. The summed E-state index contributed by atoms with van der Waals surface area (Å²) in [7, 11) is 0. The summed E-state index contributed by atoms with van der Waals surface area (Å²) >= 11 is 0. The van der Waals surface area contributed by atoms with Gasteiger partial charge in [-0.05, 0) is 45.1 Å². The Labute approximate surface area is 119 Å². The number of anilines is 2. The van der Waals surface area contributed by atoms with Crippen LogP contribution in [0.4, 0.5) is 11.5 Å². The van der Waals surface area contributed by atoms with Crippen molar-refractivity contribution in [2.45, 2.75) is 20.8 Å². The molecule has 0 N–H and O–H groups in total. The normalized spacial score (nSPS) is 13.6. The predicted octanol–water partition coefficient (Wildman–Crippen LogP) is 4.08. The van der Waals surface area contributed by atoms with Gasteiger partial charge in [0.1, 0.15) is 5.69 Å². The Bertz CT molecular complexity index is 712. The summed E-state index contributed by atoms with van der Waals surface area (Å²) in [5.41, 5.74) is 6.00. The molecule has 2 heterocycles. The predicted molar refractivity (Wildman–Crippen MR) is 83.0 cm³/mol. The van der Waals surface area contributed by atoms with Crippen molar-refractivity contribution in [2.24, 2.45) is 0 Å². The summed E-state index contributed by atoms with van der Waals surface area (Å²) in [6, 6.07) is 8.35. The summed E-state index contributed by atoms with van der Waals surface area (Å²) < 4.78 is 0. The van der Waals surface area contributed by atoms with Crippen molar-refractivity contribution >= 4 is 17.6 Å². The van der Waals surface area contributed by atoms with E-state index in [9.17, 15) is 0 Å². The molecule has 1 aromatic heterocycles. The number of allylic oxidation sites excluding steroid dienone is 1. The monoisotopic (exact) mass is 263 g/mol. The van der Waals surface area contributed by atoms with Gasteiger partial charge in [0.2, 0.25) is 0 Å². The van der Waals surface area contributed by atoms with Gasteiger partial charge in [0.05, 0.1) is 11.4 Å². The maximum Gasteiger partial charge on any atom is 0.163 e. The summed E-state index contributed by atoms with van der Waals surface area (Å²) in [5, 5.41) is 0. The number of rotatable bonds is 1. The highest BCUT2D eigenvalue weighted by Gasteiger charge is 2.21. The van der Waals surface area contributed by atoms with E-state index in [0.29, 0.717) is 0 Å². The molecular weight excluding hydrogens is 246 g/mol. The van der Waals surface area contributed by atoms with Crippen LogP contribution in [-0.4, -0.2) is 9.97 Å². The van der Waals surface area contributed by atoms with Gasteiger partial charge in [-0.15, -0.1) is 0 Å². The van der Waals surface area contributed by atoms with E-state index in [1.54, 1.807) is 0 Å². The minimum atomic E-state index is 0.851. The van der Waals surface area contributed by atoms with E-state index in [1.807, 2.05) is 30.9 Å². The third-order valence-electron chi connectivity index (χ3n) is 3.54. The van der Waals surface area contributed by atoms with Crippen molar-refractivity contribution in [3.63, 3.8) is 0 Å². The summed E-state index contributed by atoms with van der Waals surface area (Å²) in [6.45, 7) is 10.2. The summed E-state index contributed by atoms with van der Waals surface area (Å²) in [4.78, 5) is 11.4. The van der Waals surface area contributed by atoms with Crippen LogP contribution < -0.4 is 4.90 Å². The van der Waals surface area contributed by atoms with Crippen molar-refractivity contribution < 1.29 is 0 Å². The number of aryl methyl sites for hydroxylation is 3.